The average Bonchev–Trinajstić information content (AvgIpc) is 2.72. The van der Waals surface area contributed by atoms with Crippen molar-refractivity contribution in [2.24, 2.45) is 0 Å². The van der Waals surface area contributed by atoms with Crippen LogP contribution in [-0.4, -0.2) is 40.8 Å². The maximum Gasteiger partial charge on any atom is 0.274 e. The van der Waals surface area contributed by atoms with Crippen LogP contribution in [0.1, 0.15) is 10.5 Å². The van der Waals surface area contributed by atoms with Crippen LogP contribution in [0.3, 0.4) is 0 Å². The summed E-state index contributed by atoms with van der Waals surface area (Å²) in [4.78, 5) is 27.3. The minimum atomic E-state index is -0.816. The highest BCUT2D eigenvalue weighted by Gasteiger charge is 2.20. The third-order valence-electron chi connectivity index (χ3n) is 3.84. The van der Waals surface area contributed by atoms with Gasteiger partial charge in [0.25, 0.3) is 11.8 Å². The second kappa shape index (κ2) is 8.23. The lowest BCUT2D eigenvalue weighted by Crippen LogP contribution is -2.35. The lowest BCUT2D eigenvalue weighted by molar-refractivity contribution is -0.128. The van der Waals surface area contributed by atoms with E-state index in [2.05, 4.69) is 10.3 Å². The summed E-state index contributed by atoms with van der Waals surface area (Å²) in [5.74, 6) is -0.757. The summed E-state index contributed by atoms with van der Waals surface area (Å²) in [6.07, 6.45) is 0. The van der Waals surface area contributed by atoms with Crippen LogP contribution in [0.25, 0.3) is 10.8 Å². The molecular weight excluding hydrogens is 366 g/mol. The van der Waals surface area contributed by atoms with Gasteiger partial charge in [-0.05, 0) is 30.3 Å². The number of pyridine rings is 1. The lowest BCUT2D eigenvalue weighted by atomic mass is 10.1. The number of aromatic nitrogens is 1. The van der Waals surface area contributed by atoms with Gasteiger partial charge in [-0.1, -0.05) is 18.2 Å². The summed E-state index contributed by atoms with van der Waals surface area (Å²) in [5, 5.41) is 22.0. The van der Waals surface area contributed by atoms with Crippen molar-refractivity contribution < 1.29 is 29.4 Å². The van der Waals surface area contributed by atoms with Gasteiger partial charge in [0, 0.05) is 5.39 Å². The first-order valence-corrected chi connectivity index (χ1v) is 8.18. The summed E-state index contributed by atoms with van der Waals surface area (Å²) in [7, 11) is 1.38. The number of nitrogens with one attached hydrogen (secondary N) is 2. The number of hydroxylamine groups is 1. The Kier molecular flexibility index (Phi) is 5.56. The molecule has 4 N–H and O–H groups in total. The molecule has 0 radical (unpaired) electrons. The Morgan fingerprint density at radius 3 is 2.50 bits per heavy atom. The fourth-order valence-electron chi connectivity index (χ4n) is 2.53. The molecule has 9 nitrogen and oxygen atoms in total. The SMILES string of the molecule is COc1nc(C(=O)NCC(=O)NO)c(O)c2ccc(Oc3ccccc3)cc12. The van der Waals surface area contributed by atoms with E-state index in [9.17, 15) is 14.7 Å². The van der Waals surface area contributed by atoms with Gasteiger partial charge in [-0.15, -0.1) is 0 Å². The quantitative estimate of drug-likeness (QED) is 0.378. The Morgan fingerprint density at radius 1 is 1.07 bits per heavy atom. The maximum absolute atomic E-state index is 12.2. The molecule has 9 heteroatoms. The highest BCUT2D eigenvalue weighted by molar-refractivity contribution is 6.04. The molecule has 1 heterocycles. The molecule has 0 aliphatic carbocycles. The van der Waals surface area contributed by atoms with Crippen molar-refractivity contribution in [3.05, 3.63) is 54.2 Å². The normalized spacial score (nSPS) is 10.4. The number of aromatic hydroxyl groups is 1. The van der Waals surface area contributed by atoms with Crippen molar-refractivity contribution in [2.75, 3.05) is 13.7 Å². The molecule has 3 aromatic rings. The van der Waals surface area contributed by atoms with Gasteiger partial charge < -0.3 is 19.9 Å². The molecule has 0 fully saturated rings. The van der Waals surface area contributed by atoms with Gasteiger partial charge in [0.05, 0.1) is 19.0 Å². The van der Waals surface area contributed by atoms with Gasteiger partial charge in [0.1, 0.15) is 11.5 Å². The van der Waals surface area contributed by atoms with Crippen LogP contribution in [0.2, 0.25) is 0 Å². The highest BCUT2D eigenvalue weighted by atomic mass is 16.5. The Hall–Kier alpha value is -3.85. The molecule has 0 atom stereocenters. The van der Waals surface area contributed by atoms with Crippen molar-refractivity contribution in [3.8, 4) is 23.1 Å². The van der Waals surface area contributed by atoms with Gasteiger partial charge in [0.15, 0.2) is 11.4 Å². The van der Waals surface area contributed by atoms with Crippen molar-refractivity contribution in [1.82, 2.24) is 15.8 Å². The van der Waals surface area contributed by atoms with Crippen LogP contribution in [-0.2, 0) is 4.79 Å². The molecule has 0 aliphatic rings. The summed E-state index contributed by atoms with van der Waals surface area (Å²) in [6, 6.07) is 14.0. The Balaban J connectivity index is 1.96. The molecule has 0 saturated carbocycles. The fraction of sp³-hybridized carbons (Fsp3) is 0.105. The summed E-state index contributed by atoms with van der Waals surface area (Å²) in [5.41, 5.74) is 1.08. The molecule has 0 unspecified atom stereocenters. The molecule has 2 amide bonds. The number of amides is 2. The predicted octanol–water partition coefficient (Wildman–Crippen LogP) is 1.98. The summed E-state index contributed by atoms with van der Waals surface area (Å²) in [6.45, 7) is -0.485. The standard InChI is InChI=1S/C19H17N3O6/c1-27-19-14-9-12(28-11-5-3-2-4-6-11)7-8-13(14)17(24)16(21-19)18(25)20-10-15(23)22-26/h2-9,24,26H,10H2,1H3,(H,20,25)(H,22,23). The molecule has 0 spiro atoms. The molecule has 1 aromatic heterocycles. The van der Waals surface area contributed by atoms with Gasteiger partial charge in [-0.25, -0.2) is 10.5 Å². The molecule has 0 bridgehead atoms. The van der Waals surface area contributed by atoms with E-state index in [1.807, 2.05) is 18.2 Å². The third-order valence-corrected chi connectivity index (χ3v) is 3.84. The van der Waals surface area contributed by atoms with Crippen molar-refractivity contribution in [3.63, 3.8) is 0 Å². The van der Waals surface area contributed by atoms with Crippen molar-refractivity contribution >= 4 is 22.6 Å². The molecule has 28 heavy (non-hydrogen) atoms. The van der Waals surface area contributed by atoms with E-state index in [-0.39, 0.29) is 17.3 Å². The monoisotopic (exact) mass is 383 g/mol. The van der Waals surface area contributed by atoms with Crippen LogP contribution >= 0.6 is 0 Å². The van der Waals surface area contributed by atoms with Crippen LogP contribution in [0, 0.1) is 0 Å². The molecule has 144 valence electrons. The Labute approximate surface area is 159 Å². The third kappa shape index (κ3) is 3.94. The lowest BCUT2D eigenvalue weighted by Gasteiger charge is -2.13. The second-order valence-corrected chi connectivity index (χ2v) is 5.66. The Bertz CT molecular complexity index is 1020. The number of hydrogen-bond donors (Lipinski definition) is 4. The largest absolute Gasteiger partial charge is 0.505 e. The highest BCUT2D eigenvalue weighted by Crippen LogP contribution is 2.36. The average molecular weight is 383 g/mol. The van der Waals surface area contributed by atoms with Crippen LogP contribution in [0.4, 0.5) is 0 Å². The fourth-order valence-corrected chi connectivity index (χ4v) is 2.53. The number of nitrogens with zero attached hydrogens (tertiary/aromatic N) is 1. The smallest absolute Gasteiger partial charge is 0.274 e. The van der Waals surface area contributed by atoms with E-state index < -0.39 is 18.4 Å². The molecule has 0 aliphatic heterocycles. The summed E-state index contributed by atoms with van der Waals surface area (Å²) < 4.78 is 11.0. The molecule has 0 saturated heterocycles. The zero-order valence-electron chi connectivity index (χ0n) is 14.8. The van der Waals surface area contributed by atoms with Crippen molar-refractivity contribution in [1.29, 1.82) is 0 Å². The first-order chi connectivity index (χ1) is 13.5. The van der Waals surface area contributed by atoms with Gasteiger partial charge >= 0.3 is 0 Å². The molecule has 2 aromatic carbocycles. The first kappa shape index (κ1) is 18.9. The van der Waals surface area contributed by atoms with Crippen LogP contribution in [0.15, 0.2) is 48.5 Å². The number of carbonyl (C=O) groups excluding carboxylic acids is 2. The van der Waals surface area contributed by atoms with Gasteiger partial charge in [-0.3, -0.25) is 14.8 Å². The van der Waals surface area contributed by atoms with Gasteiger partial charge in [-0.2, -0.15) is 0 Å². The van der Waals surface area contributed by atoms with E-state index >= 15 is 0 Å². The zero-order chi connectivity index (χ0) is 20.1. The van der Waals surface area contributed by atoms with Gasteiger partial charge in [0.2, 0.25) is 5.88 Å². The van der Waals surface area contributed by atoms with Crippen LogP contribution < -0.4 is 20.3 Å². The van der Waals surface area contributed by atoms with Crippen molar-refractivity contribution in [2.45, 2.75) is 0 Å². The van der Waals surface area contributed by atoms with E-state index in [0.29, 0.717) is 22.3 Å². The Morgan fingerprint density at radius 2 is 1.82 bits per heavy atom. The van der Waals surface area contributed by atoms with E-state index in [1.54, 1.807) is 30.3 Å². The van der Waals surface area contributed by atoms with E-state index in [1.165, 1.54) is 12.6 Å². The summed E-state index contributed by atoms with van der Waals surface area (Å²) >= 11 is 0. The minimum Gasteiger partial charge on any atom is -0.505 e. The van der Waals surface area contributed by atoms with E-state index in [4.69, 9.17) is 14.7 Å². The predicted molar refractivity (Wildman–Crippen MR) is 98.7 cm³/mol. The molecular formula is C19H17N3O6. The number of para-hydroxylation sites is 1. The number of ether oxygens (including phenoxy) is 2. The number of hydrogen-bond acceptors (Lipinski definition) is 7. The van der Waals surface area contributed by atoms with E-state index in [0.717, 1.165) is 0 Å². The minimum absolute atomic E-state index is 0.100. The zero-order valence-corrected chi connectivity index (χ0v) is 14.8. The number of rotatable bonds is 6. The first-order valence-electron chi connectivity index (χ1n) is 8.18. The number of fused-ring (bicyclic) bond motifs is 1. The topological polar surface area (TPSA) is 130 Å². The van der Waals surface area contributed by atoms with Crippen LogP contribution in [0.5, 0.6) is 23.1 Å². The number of carbonyl (C=O) groups is 2. The molecule has 3 rings (SSSR count). The maximum atomic E-state index is 12.2. The number of methoxy groups -OCH3 is 1. The number of benzene rings is 2. The second-order valence-electron chi connectivity index (χ2n) is 5.66.